The third kappa shape index (κ3) is 4.89. The van der Waals surface area contributed by atoms with E-state index >= 15 is 0 Å². The summed E-state index contributed by atoms with van der Waals surface area (Å²) in [5.74, 6) is -0.752. The number of rotatable bonds is 6. The molecule has 1 aromatic rings. The highest BCUT2D eigenvalue weighted by Gasteiger charge is 2.20. The molecule has 0 saturated heterocycles. The van der Waals surface area contributed by atoms with Crippen molar-refractivity contribution in [3.8, 4) is 0 Å². The van der Waals surface area contributed by atoms with Crippen LogP contribution in [0.1, 0.15) is 17.3 Å². The van der Waals surface area contributed by atoms with Gasteiger partial charge in [-0.15, -0.1) is 0 Å². The largest absolute Gasteiger partial charge is 0.460 e. The Hall–Kier alpha value is -0.340. The Morgan fingerprint density at radius 1 is 1.35 bits per heavy atom. The lowest BCUT2D eigenvalue weighted by atomic mass is 10.2. The molecule has 0 fully saturated rings. The van der Waals surface area contributed by atoms with E-state index in [1.54, 1.807) is 0 Å². The van der Waals surface area contributed by atoms with E-state index in [1.807, 2.05) is 6.92 Å². The van der Waals surface area contributed by atoms with Crippen molar-refractivity contribution in [2.24, 2.45) is 0 Å². The van der Waals surface area contributed by atoms with Crippen LogP contribution in [0.3, 0.4) is 0 Å². The van der Waals surface area contributed by atoms with Gasteiger partial charge in [-0.1, -0.05) is 11.6 Å². The zero-order valence-corrected chi connectivity index (χ0v) is 14.3. The summed E-state index contributed by atoms with van der Waals surface area (Å²) in [4.78, 5) is 11.6. The third-order valence-corrected chi connectivity index (χ3v) is 4.76. The van der Waals surface area contributed by atoms with Crippen molar-refractivity contribution >= 4 is 53.2 Å². The highest BCUT2D eigenvalue weighted by molar-refractivity contribution is 9.10. The lowest BCUT2D eigenvalue weighted by molar-refractivity contribution is 0.0335. The first-order valence-corrected chi connectivity index (χ1v) is 8.94. The van der Waals surface area contributed by atoms with Crippen molar-refractivity contribution in [2.75, 3.05) is 19.8 Å². The van der Waals surface area contributed by atoms with Crippen LogP contribution in [-0.4, -0.2) is 34.2 Å². The minimum absolute atomic E-state index is 0.0402. The summed E-state index contributed by atoms with van der Waals surface area (Å²) >= 11 is 9.00. The molecule has 0 N–H and O–H groups in total. The van der Waals surface area contributed by atoms with Crippen molar-refractivity contribution in [1.29, 1.82) is 0 Å². The van der Waals surface area contributed by atoms with Crippen molar-refractivity contribution in [2.45, 2.75) is 11.8 Å². The van der Waals surface area contributed by atoms with Crippen LogP contribution in [-0.2, 0) is 18.5 Å². The number of hydrogen-bond acceptors (Lipinski definition) is 5. The van der Waals surface area contributed by atoms with E-state index < -0.39 is 15.0 Å². The lowest BCUT2D eigenvalue weighted by Gasteiger charge is -2.09. The molecular formula is C11H11BrCl2O5S. The number of hydrogen-bond donors (Lipinski definition) is 0. The Morgan fingerprint density at radius 3 is 2.55 bits per heavy atom. The maximum atomic E-state index is 11.8. The number of carbonyl (C=O) groups excluding carboxylic acids is 1. The molecule has 112 valence electrons. The molecule has 0 heterocycles. The monoisotopic (exact) mass is 404 g/mol. The maximum Gasteiger partial charge on any atom is 0.339 e. The van der Waals surface area contributed by atoms with Gasteiger partial charge in [0.05, 0.1) is 22.1 Å². The van der Waals surface area contributed by atoms with Gasteiger partial charge in [-0.3, -0.25) is 0 Å². The summed E-state index contributed by atoms with van der Waals surface area (Å²) in [6.07, 6.45) is 0. The second kappa shape index (κ2) is 7.61. The molecule has 0 aliphatic carbocycles. The van der Waals surface area contributed by atoms with Crippen LogP contribution in [0.2, 0.25) is 5.02 Å². The summed E-state index contributed by atoms with van der Waals surface area (Å²) < 4.78 is 32.8. The molecule has 9 heteroatoms. The van der Waals surface area contributed by atoms with Crippen molar-refractivity contribution < 1.29 is 22.7 Å². The van der Waals surface area contributed by atoms with Gasteiger partial charge in [-0.05, 0) is 35.0 Å². The molecule has 0 aromatic heterocycles. The maximum absolute atomic E-state index is 11.8. The van der Waals surface area contributed by atoms with Crippen molar-refractivity contribution in [1.82, 2.24) is 0 Å². The molecule has 0 saturated carbocycles. The normalized spacial score (nSPS) is 11.4. The smallest absolute Gasteiger partial charge is 0.339 e. The van der Waals surface area contributed by atoms with Gasteiger partial charge in [0.25, 0.3) is 9.05 Å². The van der Waals surface area contributed by atoms with Gasteiger partial charge in [0.15, 0.2) is 0 Å². The standard InChI is InChI=1S/C11H11BrCl2O5S/c1-2-18-3-4-19-11(15)8-5-7(20(14,16)17)6-9(12)10(8)13/h5-6H,2-4H2,1H3. The van der Waals surface area contributed by atoms with Crippen LogP contribution < -0.4 is 0 Å². The minimum Gasteiger partial charge on any atom is -0.460 e. The van der Waals surface area contributed by atoms with Crippen molar-refractivity contribution in [3.05, 3.63) is 27.2 Å². The third-order valence-electron chi connectivity index (χ3n) is 2.17. The van der Waals surface area contributed by atoms with E-state index in [9.17, 15) is 13.2 Å². The SMILES string of the molecule is CCOCCOC(=O)c1cc(S(=O)(=O)Cl)cc(Br)c1Cl. The molecule has 0 bridgehead atoms. The van der Waals surface area contributed by atoms with Gasteiger partial charge >= 0.3 is 5.97 Å². The molecule has 1 aromatic carbocycles. The summed E-state index contributed by atoms with van der Waals surface area (Å²) in [5.41, 5.74) is -0.0863. The highest BCUT2D eigenvalue weighted by atomic mass is 79.9. The number of benzene rings is 1. The molecule has 1 rings (SSSR count). The van der Waals surface area contributed by atoms with Gasteiger partial charge in [-0.25, -0.2) is 13.2 Å². The van der Waals surface area contributed by atoms with Crippen LogP contribution >= 0.6 is 38.2 Å². The van der Waals surface area contributed by atoms with E-state index in [2.05, 4.69) is 15.9 Å². The number of halogens is 3. The molecule has 20 heavy (non-hydrogen) atoms. The molecule has 0 atom stereocenters. The summed E-state index contributed by atoms with van der Waals surface area (Å²) in [7, 11) is 1.27. The van der Waals surface area contributed by atoms with Gasteiger partial charge in [-0.2, -0.15) is 0 Å². The zero-order chi connectivity index (χ0) is 15.3. The first-order valence-electron chi connectivity index (χ1n) is 5.46. The Bertz CT molecular complexity index is 603. The molecule has 0 aliphatic heterocycles. The van der Waals surface area contributed by atoms with Crippen LogP contribution in [0.25, 0.3) is 0 Å². The molecule has 0 unspecified atom stereocenters. The second-order valence-electron chi connectivity index (χ2n) is 3.54. The van der Waals surface area contributed by atoms with Crippen LogP contribution in [0.15, 0.2) is 21.5 Å². The fourth-order valence-electron chi connectivity index (χ4n) is 1.27. The second-order valence-corrected chi connectivity index (χ2v) is 7.34. The van der Waals surface area contributed by atoms with Gasteiger partial charge in [0.2, 0.25) is 0 Å². The van der Waals surface area contributed by atoms with E-state index in [-0.39, 0.29) is 33.2 Å². The van der Waals surface area contributed by atoms with Crippen LogP contribution in [0.5, 0.6) is 0 Å². The summed E-state index contributed by atoms with van der Waals surface area (Å²) in [5, 5.41) is 0.0514. The predicted molar refractivity (Wildman–Crippen MR) is 79.0 cm³/mol. The van der Waals surface area contributed by atoms with Crippen molar-refractivity contribution in [3.63, 3.8) is 0 Å². The van der Waals surface area contributed by atoms with E-state index in [0.29, 0.717) is 6.61 Å². The fourth-order valence-corrected chi connectivity index (χ4v) is 2.85. The minimum atomic E-state index is -3.98. The molecule has 0 aliphatic rings. The highest BCUT2D eigenvalue weighted by Crippen LogP contribution is 2.31. The zero-order valence-electron chi connectivity index (χ0n) is 10.4. The van der Waals surface area contributed by atoms with Crippen LogP contribution in [0.4, 0.5) is 0 Å². The summed E-state index contributed by atoms with van der Waals surface area (Å²) in [6, 6.07) is 2.28. The molecule has 0 amide bonds. The van der Waals surface area contributed by atoms with Gasteiger partial charge in [0.1, 0.15) is 6.61 Å². The molecular weight excluding hydrogens is 395 g/mol. The van der Waals surface area contributed by atoms with E-state index in [1.165, 1.54) is 6.07 Å². The average molecular weight is 406 g/mol. The molecule has 0 spiro atoms. The van der Waals surface area contributed by atoms with Gasteiger partial charge < -0.3 is 9.47 Å². The molecule has 5 nitrogen and oxygen atoms in total. The lowest BCUT2D eigenvalue weighted by Crippen LogP contribution is -2.12. The Balaban J connectivity index is 2.99. The van der Waals surface area contributed by atoms with Crippen LogP contribution in [0, 0.1) is 0 Å². The first kappa shape index (κ1) is 17.7. The Morgan fingerprint density at radius 2 is 2.00 bits per heavy atom. The fraction of sp³-hybridized carbons (Fsp3) is 0.364. The Labute approximate surface area is 134 Å². The molecule has 0 radical (unpaired) electrons. The quantitative estimate of drug-likeness (QED) is 0.412. The predicted octanol–water partition coefficient (Wildman–Crippen LogP) is 3.22. The number of carbonyl (C=O) groups is 1. The number of ether oxygens (including phenoxy) is 2. The van der Waals surface area contributed by atoms with Gasteiger partial charge in [0, 0.05) is 21.8 Å². The average Bonchev–Trinajstić information content (AvgIpc) is 2.36. The Kier molecular flexibility index (Phi) is 6.74. The van der Waals surface area contributed by atoms with E-state index in [0.717, 1.165) is 6.07 Å². The van der Waals surface area contributed by atoms with E-state index in [4.69, 9.17) is 31.8 Å². The first-order chi connectivity index (χ1) is 9.27. The topological polar surface area (TPSA) is 69.7 Å². The summed E-state index contributed by atoms with van der Waals surface area (Å²) in [6.45, 7) is 2.60. The number of esters is 1.